The minimum absolute atomic E-state index is 0.0934. The fourth-order valence-electron chi connectivity index (χ4n) is 1.86. The van der Waals surface area contributed by atoms with Crippen LogP contribution in [-0.4, -0.2) is 23.2 Å². The second-order valence-corrected chi connectivity index (χ2v) is 4.17. The molecule has 0 bridgehead atoms. The molecule has 20 heavy (non-hydrogen) atoms. The molecule has 0 amide bonds. The van der Waals surface area contributed by atoms with Gasteiger partial charge in [0.15, 0.2) is 0 Å². The topological polar surface area (TPSA) is 65.3 Å². The molecule has 2 rings (SSSR count). The molecule has 5 nitrogen and oxygen atoms in total. The smallest absolute Gasteiger partial charge is 0.273 e. The summed E-state index contributed by atoms with van der Waals surface area (Å²) in [7, 11) is 0. The Bertz CT molecular complexity index is 632. The molecule has 6 heteroatoms. The highest BCUT2D eigenvalue weighted by atomic mass is 19.1. The first-order valence-electron chi connectivity index (χ1n) is 6.01. The number of nitro groups is 1. The van der Waals surface area contributed by atoms with Gasteiger partial charge in [-0.25, -0.2) is 4.39 Å². The molecule has 0 spiro atoms. The summed E-state index contributed by atoms with van der Waals surface area (Å²) in [6.07, 6.45) is 3.31. The van der Waals surface area contributed by atoms with E-state index in [2.05, 4.69) is 4.98 Å². The first-order valence-corrected chi connectivity index (χ1v) is 6.01. The maximum absolute atomic E-state index is 12.3. The van der Waals surface area contributed by atoms with Crippen molar-refractivity contribution < 1.29 is 14.1 Å². The van der Waals surface area contributed by atoms with E-state index >= 15 is 0 Å². The van der Waals surface area contributed by atoms with Crippen molar-refractivity contribution in [2.24, 2.45) is 0 Å². The standard InChI is InChI=1S/C14H13FN2O3/c1-10-4-6-16-9-13(10)12-3-2-11(17(18)19)8-14(12)20-7-5-15/h2-4,6,8-9H,5,7H2,1H3. The highest BCUT2D eigenvalue weighted by molar-refractivity contribution is 5.74. The van der Waals surface area contributed by atoms with Gasteiger partial charge in [-0.3, -0.25) is 15.1 Å². The summed E-state index contributed by atoms with van der Waals surface area (Å²) >= 11 is 0. The largest absolute Gasteiger partial charge is 0.490 e. The lowest BCUT2D eigenvalue weighted by atomic mass is 10.0. The molecule has 0 aliphatic heterocycles. The average molecular weight is 276 g/mol. The Labute approximate surface area is 115 Å². The SMILES string of the molecule is Cc1ccncc1-c1ccc([N+](=O)[O-])cc1OCCF. The number of aryl methyl sites for hydroxylation is 1. The first kappa shape index (κ1) is 13.9. The number of rotatable bonds is 5. The van der Waals surface area contributed by atoms with Crippen LogP contribution in [0.3, 0.4) is 0 Å². The molecule has 1 aromatic carbocycles. The molecule has 1 heterocycles. The summed E-state index contributed by atoms with van der Waals surface area (Å²) < 4.78 is 17.6. The van der Waals surface area contributed by atoms with Gasteiger partial charge in [0, 0.05) is 29.6 Å². The van der Waals surface area contributed by atoms with Gasteiger partial charge >= 0.3 is 0 Å². The van der Waals surface area contributed by atoms with Gasteiger partial charge in [-0.2, -0.15) is 0 Å². The summed E-state index contributed by atoms with van der Waals surface area (Å²) in [6, 6.07) is 6.12. The maximum atomic E-state index is 12.3. The van der Waals surface area contributed by atoms with E-state index in [0.717, 1.165) is 11.1 Å². The molecule has 0 aliphatic carbocycles. The normalized spacial score (nSPS) is 10.3. The first-order chi connectivity index (χ1) is 9.63. The van der Waals surface area contributed by atoms with Gasteiger partial charge in [-0.15, -0.1) is 0 Å². The number of benzene rings is 1. The number of halogens is 1. The summed E-state index contributed by atoms with van der Waals surface area (Å²) in [4.78, 5) is 14.3. The minimum Gasteiger partial charge on any atom is -0.490 e. The number of pyridine rings is 1. The molecule has 0 N–H and O–H groups in total. The third-order valence-corrected chi connectivity index (χ3v) is 2.84. The molecule has 0 saturated carbocycles. The van der Waals surface area contributed by atoms with Crippen molar-refractivity contribution in [2.75, 3.05) is 13.3 Å². The molecular formula is C14H13FN2O3. The van der Waals surface area contributed by atoms with Crippen molar-refractivity contribution in [3.63, 3.8) is 0 Å². The quantitative estimate of drug-likeness (QED) is 0.620. The fraction of sp³-hybridized carbons (Fsp3) is 0.214. The number of non-ortho nitro benzene ring substituents is 1. The average Bonchev–Trinajstić information content (AvgIpc) is 2.45. The molecule has 0 saturated heterocycles. The highest BCUT2D eigenvalue weighted by Crippen LogP contribution is 2.34. The molecule has 1 aromatic heterocycles. The zero-order chi connectivity index (χ0) is 14.5. The van der Waals surface area contributed by atoms with Crippen molar-refractivity contribution in [2.45, 2.75) is 6.92 Å². The van der Waals surface area contributed by atoms with Gasteiger partial charge in [0.05, 0.1) is 11.0 Å². The van der Waals surface area contributed by atoms with Crippen molar-refractivity contribution >= 4 is 5.69 Å². The van der Waals surface area contributed by atoms with E-state index in [9.17, 15) is 14.5 Å². The molecule has 0 atom stereocenters. The van der Waals surface area contributed by atoms with Crippen LogP contribution in [0.2, 0.25) is 0 Å². The van der Waals surface area contributed by atoms with Crippen LogP contribution >= 0.6 is 0 Å². The van der Waals surface area contributed by atoms with Crippen molar-refractivity contribution in [3.8, 4) is 16.9 Å². The Hall–Kier alpha value is -2.50. The molecule has 0 aliphatic rings. The zero-order valence-electron chi connectivity index (χ0n) is 10.9. The number of hydrogen-bond donors (Lipinski definition) is 0. The number of ether oxygens (including phenoxy) is 1. The lowest BCUT2D eigenvalue weighted by Gasteiger charge is -2.12. The number of nitro benzene ring substituents is 1. The van der Waals surface area contributed by atoms with Crippen LogP contribution in [0.25, 0.3) is 11.1 Å². The van der Waals surface area contributed by atoms with Gasteiger partial charge < -0.3 is 4.74 Å². The lowest BCUT2D eigenvalue weighted by Crippen LogP contribution is -2.01. The van der Waals surface area contributed by atoms with Gasteiger partial charge in [0.2, 0.25) is 0 Å². The van der Waals surface area contributed by atoms with E-state index in [0.29, 0.717) is 5.56 Å². The Morgan fingerprint density at radius 3 is 2.80 bits per heavy atom. The molecule has 0 unspecified atom stereocenters. The lowest BCUT2D eigenvalue weighted by molar-refractivity contribution is -0.384. The van der Waals surface area contributed by atoms with Crippen molar-refractivity contribution in [1.29, 1.82) is 0 Å². The number of nitrogens with zero attached hydrogens (tertiary/aromatic N) is 2. The molecular weight excluding hydrogens is 263 g/mol. The van der Waals surface area contributed by atoms with Gasteiger partial charge in [0.25, 0.3) is 5.69 Å². The summed E-state index contributed by atoms with van der Waals surface area (Å²) in [5.74, 6) is 0.285. The zero-order valence-corrected chi connectivity index (χ0v) is 10.9. The minimum atomic E-state index is -0.659. The van der Waals surface area contributed by atoms with Crippen LogP contribution < -0.4 is 4.74 Å². The Balaban J connectivity index is 2.51. The van der Waals surface area contributed by atoms with E-state index in [1.807, 2.05) is 13.0 Å². The third-order valence-electron chi connectivity index (χ3n) is 2.84. The predicted molar refractivity (Wildman–Crippen MR) is 72.5 cm³/mol. The van der Waals surface area contributed by atoms with Crippen LogP contribution in [0.1, 0.15) is 5.56 Å². The highest BCUT2D eigenvalue weighted by Gasteiger charge is 2.14. The second kappa shape index (κ2) is 6.10. The molecule has 0 radical (unpaired) electrons. The Kier molecular flexibility index (Phi) is 4.24. The Morgan fingerprint density at radius 2 is 2.15 bits per heavy atom. The van der Waals surface area contributed by atoms with E-state index in [1.54, 1.807) is 18.5 Å². The monoisotopic (exact) mass is 276 g/mol. The second-order valence-electron chi connectivity index (χ2n) is 4.17. The van der Waals surface area contributed by atoms with Crippen LogP contribution in [0.15, 0.2) is 36.7 Å². The molecule has 0 fully saturated rings. The van der Waals surface area contributed by atoms with E-state index in [1.165, 1.54) is 12.1 Å². The number of aromatic nitrogens is 1. The van der Waals surface area contributed by atoms with Gasteiger partial charge in [0.1, 0.15) is 19.0 Å². The van der Waals surface area contributed by atoms with Crippen molar-refractivity contribution in [3.05, 3.63) is 52.3 Å². The van der Waals surface area contributed by atoms with Gasteiger partial charge in [-0.05, 0) is 24.6 Å². The van der Waals surface area contributed by atoms with Crippen molar-refractivity contribution in [1.82, 2.24) is 4.98 Å². The van der Waals surface area contributed by atoms with Crippen LogP contribution in [0.5, 0.6) is 5.75 Å². The van der Waals surface area contributed by atoms with E-state index in [4.69, 9.17) is 4.74 Å². The Morgan fingerprint density at radius 1 is 1.35 bits per heavy atom. The van der Waals surface area contributed by atoms with Crippen LogP contribution in [0.4, 0.5) is 10.1 Å². The summed E-state index contributed by atoms with van der Waals surface area (Å²) in [5.41, 5.74) is 2.33. The van der Waals surface area contributed by atoms with Crippen LogP contribution in [-0.2, 0) is 0 Å². The number of hydrogen-bond acceptors (Lipinski definition) is 4. The predicted octanol–water partition coefficient (Wildman–Crippen LogP) is 3.31. The third kappa shape index (κ3) is 2.90. The maximum Gasteiger partial charge on any atom is 0.273 e. The molecule has 2 aromatic rings. The molecule has 104 valence electrons. The van der Waals surface area contributed by atoms with Crippen LogP contribution in [0, 0.1) is 17.0 Å². The van der Waals surface area contributed by atoms with E-state index in [-0.39, 0.29) is 18.0 Å². The van der Waals surface area contributed by atoms with E-state index < -0.39 is 11.6 Å². The number of alkyl halides is 1. The summed E-state index contributed by atoms with van der Waals surface area (Å²) in [6.45, 7) is 1.10. The summed E-state index contributed by atoms with van der Waals surface area (Å²) in [5, 5.41) is 10.8. The fourth-order valence-corrected chi connectivity index (χ4v) is 1.86. The van der Waals surface area contributed by atoms with Gasteiger partial charge in [-0.1, -0.05) is 0 Å².